The van der Waals surface area contributed by atoms with Crippen LogP contribution in [0, 0.1) is 5.82 Å². The van der Waals surface area contributed by atoms with E-state index < -0.39 is 35.4 Å². The van der Waals surface area contributed by atoms with Gasteiger partial charge in [-0.15, -0.1) is 0 Å². The zero-order chi connectivity index (χ0) is 28.2. The topological polar surface area (TPSA) is 128 Å². The number of hydrogen-bond acceptors (Lipinski definition) is 8. The molecule has 0 saturated heterocycles. The van der Waals surface area contributed by atoms with Crippen molar-refractivity contribution in [2.75, 3.05) is 38.0 Å². The Kier molecular flexibility index (Phi) is 12.4. The van der Waals surface area contributed by atoms with Crippen LogP contribution in [0.15, 0.2) is 36.5 Å². The monoisotopic (exact) mass is 588 g/mol. The van der Waals surface area contributed by atoms with Gasteiger partial charge in [0, 0.05) is 30.9 Å². The molecule has 2 N–H and O–H groups in total. The van der Waals surface area contributed by atoms with Crippen LogP contribution >= 0.6 is 34.8 Å². The number of nitrogens with one attached hydrogen (secondary N) is 2. The third-order valence-corrected chi connectivity index (χ3v) is 5.50. The second-order valence-corrected chi connectivity index (χ2v) is 8.47. The van der Waals surface area contributed by atoms with Gasteiger partial charge in [-0.1, -0.05) is 40.9 Å². The molecule has 204 valence electrons. The van der Waals surface area contributed by atoms with Crippen LogP contribution in [0.4, 0.5) is 20.7 Å². The summed E-state index contributed by atoms with van der Waals surface area (Å²) in [4.78, 5) is 39.6. The summed E-state index contributed by atoms with van der Waals surface area (Å²) in [6.07, 6.45) is 1.52. The van der Waals surface area contributed by atoms with Crippen LogP contribution in [0.5, 0.6) is 0 Å². The highest BCUT2D eigenvalue weighted by molar-refractivity contribution is 6.37. The van der Waals surface area contributed by atoms with Crippen LogP contribution in [0.1, 0.15) is 16.1 Å². The first-order chi connectivity index (χ1) is 18.1. The number of aldehydes is 1. The Bertz CT molecular complexity index is 1280. The van der Waals surface area contributed by atoms with Crippen molar-refractivity contribution in [2.45, 2.75) is 13.3 Å². The Balaban J connectivity index is 0.000000926. The van der Waals surface area contributed by atoms with E-state index in [1.165, 1.54) is 38.6 Å². The molecule has 0 unspecified atom stereocenters. The number of anilines is 2. The summed E-state index contributed by atoms with van der Waals surface area (Å²) in [5, 5.41) is 8.87. The molecule has 0 bridgehead atoms. The maximum Gasteiger partial charge on any atom is 0.417 e. The molecule has 0 aliphatic heterocycles. The van der Waals surface area contributed by atoms with E-state index in [2.05, 4.69) is 20.7 Å². The third kappa shape index (κ3) is 8.36. The van der Waals surface area contributed by atoms with Crippen LogP contribution in [0.2, 0.25) is 15.2 Å². The average molecular weight is 590 g/mol. The number of likely N-dealkylation sites (N-methyl/N-ethyl adjacent to an activating group) is 1. The molecule has 0 aliphatic rings. The zero-order valence-electron chi connectivity index (χ0n) is 20.5. The van der Waals surface area contributed by atoms with E-state index in [0.717, 1.165) is 15.9 Å². The Morgan fingerprint density at radius 3 is 2.58 bits per heavy atom. The first kappa shape index (κ1) is 30.9. The van der Waals surface area contributed by atoms with Gasteiger partial charge < -0.3 is 24.9 Å². The summed E-state index contributed by atoms with van der Waals surface area (Å²) in [5.74, 6) is -1.67. The van der Waals surface area contributed by atoms with Gasteiger partial charge >= 0.3 is 6.09 Å². The number of carbonyl (C=O) groups is 3. The molecule has 0 saturated carbocycles. The van der Waals surface area contributed by atoms with Gasteiger partial charge in [-0.25, -0.2) is 18.9 Å². The van der Waals surface area contributed by atoms with E-state index in [1.807, 2.05) is 0 Å². The molecule has 3 rings (SSSR count). The molecule has 38 heavy (non-hydrogen) atoms. The molecule has 0 radical (unpaired) electrons. The number of pyridine rings is 1. The molecule has 2 heterocycles. The second kappa shape index (κ2) is 15.2. The molecule has 2 amide bonds. The highest BCUT2D eigenvalue weighted by Crippen LogP contribution is 2.27. The largest absolute Gasteiger partial charge is 0.426 e. The van der Waals surface area contributed by atoms with E-state index in [9.17, 15) is 18.8 Å². The van der Waals surface area contributed by atoms with Crippen molar-refractivity contribution in [3.05, 3.63) is 68.8 Å². The number of ether oxygens (including phenoxy) is 2. The summed E-state index contributed by atoms with van der Waals surface area (Å²) in [6, 6.07) is 7.81. The quantitative estimate of drug-likeness (QED) is 0.351. The Morgan fingerprint density at radius 2 is 1.97 bits per heavy atom. The fourth-order valence-corrected chi connectivity index (χ4v) is 3.44. The number of benzene rings is 1. The number of methoxy groups -OCH3 is 1. The minimum absolute atomic E-state index is 0.154. The molecule has 0 atom stereocenters. The van der Waals surface area contributed by atoms with Crippen molar-refractivity contribution >= 4 is 64.6 Å². The molecular weight excluding hydrogens is 566 g/mol. The van der Waals surface area contributed by atoms with Gasteiger partial charge in [0.15, 0.2) is 23.4 Å². The first-order valence-electron chi connectivity index (χ1n) is 10.7. The Hall–Kier alpha value is -3.29. The molecule has 1 aromatic carbocycles. The molecular formula is C23H24Cl3FN6O5. The first-order valence-corrected chi connectivity index (χ1v) is 11.9. The van der Waals surface area contributed by atoms with Crippen molar-refractivity contribution < 1.29 is 28.2 Å². The van der Waals surface area contributed by atoms with Gasteiger partial charge in [0.1, 0.15) is 12.1 Å². The molecule has 15 heteroatoms. The summed E-state index contributed by atoms with van der Waals surface area (Å²) in [7, 11) is 4.69. The number of rotatable bonds is 9. The smallest absolute Gasteiger partial charge is 0.417 e. The molecule has 0 aliphatic carbocycles. The molecule has 11 nitrogen and oxygen atoms in total. The lowest BCUT2D eigenvalue weighted by Crippen LogP contribution is -2.29. The average Bonchev–Trinajstić information content (AvgIpc) is 3.18. The van der Waals surface area contributed by atoms with Crippen LogP contribution in [-0.2, 0) is 27.6 Å². The Labute approximate surface area is 232 Å². The van der Waals surface area contributed by atoms with Gasteiger partial charge in [0.25, 0.3) is 5.91 Å². The van der Waals surface area contributed by atoms with E-state index >= 15 is 0 Å². The van der Waals surface area contributed by atoms with Gasteiger partial charge in [0.05, 0.1) is 23.9 Å². The standard InChI is InChI=1S/C20H17Cl3FN5O4.C3H7NO/c1-28(18-11(9-32-2)4-3-7-25-18)20(31)33-10-29-17(23)15(24)16(27-29)19(30)26-14-6-5-12(21)8-13(14)22;1-4-2-3-5/h3-8H,9-10H2,1-2H3,(H,26,30);3-4H,2H2,1H3. The van der Waals surface area contributed by atoms with Gasteiger partial charge in [-0.2, -0.15) is 5.10 Å². The number of amides is 2. The Morgan fingerprint density at radius 1 is 1.24 bits per heavy atom. The maximum absolute atomic E-state index is 14.5. The van der Waals surface area contributed by atoms with Crippen molar-refractivity contribution in [1.82, 2.24) is 20.1 Å². The minimum Gasteiger partial charge on any atom is -0.426 e. The fraction of sp³-hybridized carbons (Fsp3) is 0.261. The van der Waals surface area contributed by atoms with Crippen molar-refractivity contribution in [3.8, 4) is 0 Å². The molecule has 0 spiro atoms. The van der Waals surface area contributed by atoms with E-state index in [-0.39, 0.29) is 17.3 Å². The maximum atomic E-state index is 14.5. The summed E-state index contributed by atoms with van der Waals surface area (Å²) in [5.41, 5.74) is 0.247. The van der Waals surface area contributed by atoms with Crippen LogP contribution in [0.3, 0.4) is 0 Å². The number of aromatic nitrogens is 3. The molecule has 2 aromatic heterocycles. The molecule has 3 aromatic rings. The zero-order valence-corrected chi connectivity index (χ0v) is 22.8. The normalized spacial score (nSPS) is 10.3. The third-order valence-electron chi connectivity index (χ3n) is 4.59. The van der Waals surface area contributed by atoms with Crippen LogP contribution in [0.25, 0.3) is 0 Å². The van der Waals surface area contributed by atoms with Crippen molar-refractivity contribution in [1.29, 1.82) is 0 Å². The molecule has 0 fully saturated rings. The van der Waals surface area contributed by atoms with Crippen molar-refractivity contribution in [2.24, 2.45) is 0 Å². The SMILES string of the molecule is CNCC=O.COCc1cccnc1N(C)C(=O)OCn1nc(C(=O)Nc2ccc(Cl)cc2Cl)c(F)c1Cl. The minimum atomic E-state index is -1.09. The van der Waals surface area contributed by atoms with Gasteiger partial charge in [0.2, 0.25) is 0 Å². The highest BCUT2D eigenvalue weighted by Gasteiger charge is 2.24. The predicted octanol–water partition coefficient (Wildman–Crippen LogP) is 4.41. The number of halogens is 4. The van der Waals surface area contributed by atoms with E-state index in [1.54, 1.807) is 19.2 Å². The summed E-state index contributed by atoms with van der Waals surface area (Å²) >= 11 is 17.8. The van der Waals surface area contributed by atoms with Crippen LogP contribution in [-0.4, -0.2) is 60.8 Å². The lowest BCUT2D eigenvalue weighted by molar-refractivity contribution is -0.107. The van der Waals surface area contributed by atoms with Crippen LogP contribution < -0.4 is 15.5 Å². The fourth-order valence-electron chi connectivity index (χ4n) is 2.81. The lowest BCUT2D eigenvalue weighted by atomic mass is 10.2. The predicted molar refractivity (Wildman–Crippen MR) is 141 cm³/mol. The van der Waals surface area contributed by atoms with E-state index in [0.29, 0.717) is 22.9 Å². The summed E-state index contributed by atoms with van der Waals surface area (Å²) in [6.45, 7) is 0.132. The highest BCUT2D eigenvalue weighted by atomic mass is 35.5. The number of carbonyl (C=O) groups excluding carboxylic acids is 3. The van der Waals surface area contributed by atoms with Gasteiger partial charge in [-0.05, 0) is 31.3 Å². The summed E-state index contributed by atoms with van der Waals surface area (Å²) < 4.78 is 25.6. The second-order valence-electron chi connectivity index (χ2n) is 7.27. The lowest BCUT2D eigenvalue weighted by Gasteiger charge is -2.18. The van der Waals surface area contributed by atoms with Crippen molar-refractivity contribution in [3.63, 3.8) is 0 Å². The van der Waals surface area contributed by atoms with E-state index in [4.69, 9.17) is 44.3 Å². The number of hydrogen-bond donors (Lipinski definition) is 2. The number of nitrogens with zero attached hydrogens (tertiary/aromatic N) is 4. The van der Waals surface area contributed by atoms with Gasteiger partial charge in [-0.3, -0.25) is 9.69 Å².